The molecule has 0 aliphatic heterocycles. The van der Waals surface area contributed by atoms with E-state index in [1.165, 1.54) is 17.0 Å². The number of halogens is 1. The van der Waals surface area contributed by atoms with Crippen LogP contribution in [0.5, 0.6) is 0 Å². The topological polar surface area (TPSA) is 62.2 Å². The first kappa shape index (κ1) is 13.8. The van der Waals surface area contributed by atoms with E-state index in [0.29, 0.717) is 12.4 Å². The molecule has 0 atom stereocenters. The van der Waals surface area contributed by atoms with Gasteiger partial charge < -0.3 is 10.4 Å². The summed E-state index contributed by atoms with van der Waals surface area (Å²) in [4.78, 5) is 17.5. The molecule has 2 aromatic rings. The Morgan fingerprint density at radius 2 is 2.11 bits per heavy atom. The van der Waals surface area contributed by atoms with Gasteiger partial charge in [0.2, 0.25) is 0 Å². The number of nitrogens with zero attached hydrogens (tertiary/aromatic N) is 1. The first-order chi connectivity index (χ1) is 9.10. The van der Waals surface area contributed by atoms with Crippen LogP contribution in [0.2, 0.25) is 5.15 Å². The van der Waals surface area contributed by atoms with E-state index in [2.05, 4.69) is 23.3 Å². The van der Waals surface area contributed by atoms with Crippen LogP contribution in [0.4, 0.5) is 5.82 Å². The molecule has 2 aromatic heterocycles. The number of hydrogen-bond acceptors (Lipinski definition) is 4. The summed E-state index contributed by atoms with van der Waals surface area (Å²) < 4.78 is 0. The van der Waals surface area contributed by atoms with Crippen LogP contribution >= 0.6 is 22.9 Å². The molecule has 2 rings (SSSR count). The molecule has 0 bridgehead atoms. The van der Waals surface area contributed by atoms with Gasteiger partial charge in [-0.15, -0.1) is 11.3 Å². The van der Waals surface area contributed by atoms with E-state index in [1.807, 2.05) is 6.07 Å². The molecule has 2 heterocycles. The molecule has 0 aliphatic rings. The lowest BCUT2D eigenvalue weighted by atomic mass is 10.2. The van der Waals surface area contributed by atoms with Crippen LogP contribution in [0.25, 0.3) is 0 Å². The second-order valence-electron chi connectivity index (χ2n) is 3.91. The molecule has 19 heavy (non-hydrogen) atoms. The van der Waals surface area contributed by atoms with Gasteiger partial charge in [-0.25, -0.2) is 9.78 Å². The molecule has 0 amide bonds. The van der Waals surface area contributed by atoms with E-state index in [4.69, 9.17) is 16.7 Å². The fourth-order valence-electron chi connectivity index (χ4n) is 1.62. The van der Waals surface area contributed by atoms with Crippen LogP contribution < -0.4 is 5.32 Å². The number of carboxylic acids is 1. The van der Waals surface area contributed by atoms with Crippen molar-refractivity contribution in [1.29, 1.82) is 0 Å². The highest BCUT2D eigenvalue weighted by molar-refractivity contribution is 7.12. The van der Waals surface area contributed by atoms with Gasteiger partial charge in [0.15, 0.2) is 0 Å². The zero-order valence-electron chi connectivity index (χ0n) is 10.3. The van der Waals surface area contributed by atoms with Gasteiger partial charge in [-0.05, 0) is 30.7 Å². The second kappa shape index (κ2) is 6.04. The number of pyridine rings is 1. The molecule has 0 spiro atoms. The molecule has 0 fully saturated rings. The summed E-state index contributed by atoms with van der Waals surface area (Å²) in [5.41, 5.74) is 0.122. The fourth-order valence-corrected chi connectivity index (χ4v) is 2.67. The van der Waals surface area contributed by atoms with Crippen molar-refractivity contribution in [3.05, 3.63) is 44.7 Å². The molecular weight excluding hydrogens is 284 g/mol. The molecule has 0 aromatic carbocycles. The van der Waals surface area contributed by atoms with Crippen molar-refractivity contribution < 1.29 is 9.90 Å². The Hall–Kier alpha value is -1.59. The number of anilines is 1. The van der Waals surface area contributed by atoms with Gasteiger partial charge in [0, 0.05) is 9.75 Å². The third-order valence-electron chi connectivity index (χ3n) is 2.59. The van der Waals surface area contributed by atoms with E-state index in [1.54, 1.807) is 11.3 Å². The minimum atomic E-state index is -1.02. The maximum Gasteiger partial charge on any atom is 0.339 e. The molecule has 0 saturated carbocycles. The van der Waals surface area contributed by atoms with E-state index >= 15 is 0 Å². The monoisotopic (exact) mass is 296 g/mol. The number of rotatable bonds is 5. The second-order valence-corrected chi connectivity index (χ2v) is 5.55. The predicted octanol–water partition coefficient (Wildman–Crippen LogP) is 3.67. The molecule has 6 heteroatoms. The Kier molecular flexibility index (Phi) is 4.39. The highest BCUT2D eigenvalue weighted by Crippen LogP contribution is 2.21. The lowest BCUT2D eigenvalue weighted by Gasteiger charge is -2.07. The molecule has 0 radical (unpaired) electrons. The van der Waals surface area contributed by atoms with Crippen LogP contribution in [0.1, 0.15) is 27.0 Å². The van der Waals surface area contributed by atoms with E-state index in [9.17, 15) is 4.79 Å². The largest absolute Gasteiger partial charge is 0.478 e. The highest BCUT2D eigenvalue weighted by Gasteiger charge is 2.12. The van der Waals surface area contributed by atoms with Crippen LogP contribution in [-0.4, -0.2) is 16.1 Å². The van der Waals surface area contributed by atoms with E-state index in [0.717, 1.165) is 11.3 Å². The first-order valence-corrected chi connectivity index (χ1v) is 7.01. The smallest absolute Gasteiger partial charge is 0.339 e. The van der Waals surface area contributed by atoms with Gasteiger partial charge in [0.25, 0.3) is 0 Å². The van der Waals surface area contributed by atoms with Gasteiger partial charge in [-0.2, -0.15) is 0 Å². The minimum Gasteiger partial charge on any atom is -0.478 e. The van der Waals surface area contributed by atoms with Gasteiger partial charge in [0.1, 0.15) is 16.5 Å². The summed E-state index contributed by atoms with van der Waals surface area (Å²) >= 11 is 7.49. The number of thiophene rings is 1. The summed E-state index contributed by atoms with van der Waals surface area (Å²) in [6.07, 6.45) is 1.00. The van der Waals surface area contributed by atoms with Crippen LogP contribution in [-0.2, 0) is 13.0 Å². The van der Waals surface area contributed by atoms with Crippen LogP contribution in [0.15, 0.2) is 24.3 Å². The van der Waals surface area contributed by atoms with E-state index < -0.39 is 5.97 Å². The third-order valence-corrected chi connectivity index (χ3v) is 4.03. The Morgan fingerprint density at radius 3 is 2.74 bits per heavy atom. The Morgan fingerprint density at radius 1 is 1.37 bits per heavy atom. The Balaban J connectivity index is 2.14. The molecule has 0 unspecified atom stereocenters. The lowest BCUT2D eigenvalue weighted by molar-refractivity contribution is 0.0697. The molecule has 2 N–H and O–H groups in total. The zero-order chi connectivity index (χ0) is 13.8. The molecule has 4 nitrogen and oxygen atoms in total. The number of nitrogens with one attached hydrogen (secondary N) is 1. The SMILES string of the molecule is CCc1ccc(CNc2nc(Cl)ccc2C(=O)O)s1. The van der Waals surface area contributed by atoms with Crippen molar-refractivity contribution in [3.8, 4) is 0 Å². The fraction of sp³-hybridized carbons (Fsp3) is 0.231. The normalized spacial score (nSPS) is 10.4. The maximum absolute atomic E-state index is 11.1. The maximum atomic E-state index is 11.1. The summed E-state index contributed by atoms with van der Waals surface area (Å²) in [6.45, 7) is 2.64. The average Bonchev–Trinajstić information content (AvgIpc) is 2.84. The Labute approximate surface area is 120 Å². The lowest BCUT2D eigenvalue weighted by Crippen LogP contribution is -2.07. The summed E-state index contributed by atoms with van der Waals surface area (Å²) in [7, 11) is 0. The summed E-state index contributed by atoms with van der Waals surface area (Å²) in [6, 6.07) is 7.02. The van der Waals surface area contributed by atoms with Crippen LogP contribution in [0.3, 0.4) is 0 Å². The quantitative estimate of drug-likeness (QED) is 0.826. The van der Waals surface area contributed by atoms with Gasteiger partial charge in [0.05, 0.1) is 6.54 Å². The Bertz CT molecular complexity index is 598. The molecule has 100 valence electrons. The van der Waals surface area contributed by atoms with E-state index in [-0.39, 0.29) is 10.7 Å². The third kappa shape index (κ3) is 3.45. The summed E-state index contributed by atoms with van der Waals surface area (Å²) in [5.74, 6) is -0.724. The van der Waals surface area contributed by atoms with Crippen molar-refractivity contribution in [2.24, 2.45) is 0 Å². The van der Waals surface area contributed by atoms with Gasteiger partial charge >= 0.3 is 5.97 Å². The zero-order valence-corrected chi connectivity index (χ0v) is 11.9. The van der Waals surface area contributed by atoms with Crippen LogP contribution in [0, 0.1) is 0 Å². The van der Waals surface area contributed by atoms with Gasteiger partial charge in [-0.3, -0.25) is 0 Å². The molecular formula is C13H13ClN2O2S. The average molecular weight is 297 g/mol. The van der Waals surface area contributed by atoms with Crippen molar-refractivity contribution >= 4 is 34.7 Å². The van der Waals surface area contributed by atoms with Crippen molar-refractivity contribution in [1.82, 2.24) is 4.98 Å². The predicted molar refractivity (Wildman–Crippen MR) is 77.2 cm³/mol. The number of aromatic carboxylic acids is 1. The number of carbonyl (C=O) groups is 1. The number of aromatic nitrogens is 1. The molecule has 0 saturated heterocycles. The number of aryl methyl sites for hydroxylation is 1. The highest BCUT2D eigenvalue weighted by atomic mass is 35.5. The van der Waals surface area contributed by atoms with Gasteiger partial charge in [-0.1, -0.05) is 18.5 Å². The van der Waals surface area contributed by atoms with Crippen molar-refractivity contribution in [2.75, 3.05) is 5.32 Å². The first-order valence-electron chi connectivity index (χ1n) is 5.81. The summed E-state index contributed by atoms with van der Waals surface area (Å²) in [5, 5.41) is 12.4. The molecule has 0 aliphatic carbocycles. The minimum absolute atomic E-state index is 0.122. The standard InChI is InChI=1S/C13H13ClN2O2S/c1-2-8-3-4-9(19-8)7-15-12-10(13(17)18)5-6-11(14)16-12/h3-6H,2,7H2,1H3,(H,15,16)(H,17,18). The number of hydrogen-bond donors (Lipinski definition) is 2. The van der Waals surface area contributed by atoms with Crippen molar-refractivity contribution in [3.63, 3.8) is 0 Å². The van der Waals surface area contributed by atoms with Crippen molar-refractivity contribution in [2.45, 2.75) is 19.9 Å². The number of carboxylic acid groups (broad SMARTS) is 1.